The zero-order valence-electron chi connectivity index (χ0n) is 13.6. The monoisotopic (exact) mass is 325 g/mol. The van der Waals surface area contributed by atoms with E-state index in [1.54, 1.807) is 4.57 Å². The predicted molar refractivity (Wildman–Crippen MR) is 90.6 cm³/mol. The molecule has 124 valence electrons. The zero-order chi connectivity index (χ0) is 15.9. The van der Waals surface area contributed by atoms with Crippen molar-refractivity contribution in [3.8, 4) is 0 Å². The van der Waals surface area contributed by atoms with Crippen molar-refractivity contribution in [1.82, 2.24) is 15.2 Å². The molecule has 0 spiro atoms. The van der Waals surface area contributed by atoms with Gasteiger partial charge >= 0.3 is 4.87 Å². The highest BCUT2D eigenvalue weighted by Crippen LogP contribution is 2.16. The van der Waals surface area contributed by atoms with Gasteiger partial charge in [-0.25, -0.2) is 0 Å². The highest BCUT2D eigenvalue weighted by Gasteiger charge is 2.12. The van der Waals surface area contributed by atoms with E-state index in [9.17, 15) is 9.59 Å². The van der Waals surface area contributed by atoms with Crippen LogP contribution in [0.25, 0.3) is 0 Å². The molecule has 0 atom stereocenters. The largest absolute Gasteiger partial charge is 0.353 e. The van der Waals surface area contributed by atoms with E-state index >= 15 is 0 Å². The van der Waals surface area contributed by atoms with Gasteiger partial charge in [-0.05, 0) is 26.7 Å². The summed E-state index contributed by atoms with van der Waals surface area (Å²) < 4.78 is 1.55. The summed E-state index contributed by atoms with van der Waals surface area (Å²) in [6, 6.07) is 0.601. The van der Waals surface area contributed by atoms with Gasteiger partial charge in [0.2, 0.25) is 5.91 Å². The molecule has 0 unspecified atom stereocenters. The standard InChI is InChI=1S/C16H27N3O2S/c1-12-13(2)22-16(21)19(12)11-15(20)18-10-9-17-14-7-5-3-4-6-8-14/h14,17H,3-11H2,1-2H3,(H,18,20). The second-order valence-electron chi connectivity index (χ2n) is 6.09. The Balaban J connectivity index is 1.68. The van der Waals surface area contributed by atoms with Gasteiger partial charge in [0, 0.05) is 29.7 Å². The Labute approximate surface area is 136 Å². The van der Waals surface area contributed by atoms with E-state index in [-0.39, 0.29) is 17.3 Å². The Morgan fingerprint density at radius 3 is 2.45 bits per heavy atom. The van der Waals surface area contributed by atoms with Crippen LogP contribution in [0.3, 0.4) is 0 Å². The molecular formula is C16H27N3O2S. The van der Waals surface area contributed by atoms with Crippen LogP contribution in [0.15, 0.2) is 4.79 Å². The number of carbonyl (C=O) groups is 1. The van der Waals surface area contributed by atoms with Crippen LogP contribution < -0.4 is 15.5 Å². The summed E-state index contributed by atoms with van der Waals surface area (Å²) in [5.74, 6) is -0.0920. The molecule has 1 aromatic heterocycles. The van der Waals surface area contributed by atoms with Crippen molar-refractivity contribution in [3.63, 3.8) is 0 Å². The zero-order valence-corrected chi connectivity index (χ0v) is 14.4. The molecule has 0 saturated heterocycles. The van der Waals surface area contributed by atoms with Crippen LogP contribution in [-0.4, -0.2) is 29.6 Å². The van der Waals surface area contributed by atoms with Crippen LogP contribution in [0.2, 0.25) is 0 Å². The van der Waals surface area contributed by atoms with E-state index in [0.717, 1.165) is 17.1 Å². The molecule has 22 heavy (non-hydrogen) atoms. The van der Waals surface area contributed by atoms with E-state index in [4.69, 9.17) is 0 Å². The van der Waals surface area contributed by atoms with Gasteiger partial charge < -0.3 is 10.6 Å². The maximum Gasteiger partial charge on any atom is 0.308 e. The molecule has 1 saturated carbocycles. The fourth-order valence-corrected chi connectivity index (χ4v) is 3.76. The summed E-state index contributed by atoms with van der Waals surface area (Å²) in [7, 11) is 0. The molecule has 1 aromatic rings. The van der Waals surface area contributed by atoms with Gasteiger partial charge in [-0.1, -0.05) is 37.0 Å². The van der Waals surface area contributed by atoms with Gasteiger partial charge in [0.15, 0.2) is 0 Å². The van der Waals surface area contributed by atoms with Gasteiger partial charge in [0.05, 0.1) is 0 Å². The van der Waals surface area contributed by atoms with Crippen LogP contribution in [0.1, 0.15) is 49.1 Å². The molecule has 2 N–H and O–H groups in total. The van der Waals surface area contributed by atoms with E-state index in [1.807, 2.05) is 13.8 Å². The smallest absolute Gasteiger partial charge is 0.308 e. The lowest BCUT2D eigenvalue weighted by Crippen LogP contribution is -2.38. The second-order valence-corrected chi connectivity index (χ2v) is 7.25. The third kappa shape index (κ3) is 4.95. The predicted octanol–water partition coefficient (Wildman–Crippen LogP) is 1.96. The second kappa shape index (κ2) is 8.48. The first kappa shape index (κ1) is 17.2. The molecule has 1 amide bonds. The Bertz CT molecular complexity index is 542. The number of aryl methyl sites for hydroxylation is 1. The molecular weight excluding hydrogens is 298 g/mol. The van der Waals surface area contributed by atoms with Gasteiger partial charge in [-0.15, -0.1) is 0 Å². The molecule has 0 radical (unpaired) electrons. The Kier molecular flexibility index (Phi) is 6.64. The number of hydrogen-bond acceptors (Lipinski definition) is 4. The minimum absolute atomic E-state index is 0.0540. The van der Waals surface area contributed by atoms with E-state index in [0.29, 0.717) is 12.6 Å². The van der Waals surface area contributed by atoms with Gasteiger partial charge in [-0.2, -0.15) is 0 Å². The van der Waals surface area contributed by atoms with Crippen molar-refractivity contribution < 1.29 is 4.79 Å². The number of nitrogens with zero attached hydrogens (tertiary/aromatic N) is 1. The molecule has 0 aromatic carbocycles. The lowest BCUT2D eigenvalue weighted by molar-refractivity contribution is -0.121. The van der Waals surface area contributed by atoms with E-state index in [1.165, 1.54) is 49.9 Å². The summed E-state index contributed by atoms with van der Waals surface area (Å²) in [6.45, 7) is 5.33. The topological polar surface area (TPSA) is 63.1 Å². The first-order valence-corrected chi connectivity index (χ1v) is 9.06. The third-order valence-electron chi connectivity index (χ3n) is 4.41. The number of thiazole rings is 1. The maximum atomic E-state index is 11.9. The van der Waals surface area contributed by atoms with Crippen molar-refractivity contribution in [2.24, 2.45) is 0 Å². The van der Waals surface area contributed by atoms with Crippen molar-refractivity contribution in [2.75, 3.05) is 13.1 Å². The lowest BCUT2D eigenvalue weighted by Gasteiger charge is -2.16. The van der Waals surface area contributed by atoms with Crippen molar-refractivity contribution >= 4 is 17.2 Å². The van der Waals surface area contributed by atoms with Gasteiger partial charge in [0.1, 0.15) is 6.54 Å². The lowest BCUT2D eigenvalue weighted by atomic mass is 10.1. The quantitative estimate of drug-likeness (QED) is 0.621. The van der Waals surface area contributed by atoms with Crippen LogP contribution in [0, 0.1) is 13.8 Å². The molecule has 5 nitrogen and oxygen atoms in total. The minimum atomic E-state index is -0.0920. The highest BCUT2D eigenvalue weighted by molar-refractivity contribution is 7.09. The fraction of sp³-hybridized carbons (Fsp3) is 0.750. The molecule has 2 rings (SSSR count). The summed E-state index contributed by atoms with van der Waals surface area (Å²) in [4.78, 5) is 24.6. The first-order valence-electron chi connectivity index (χ1n) is 8.25. The summed E-state index contributed by atoms with van der Waals surface area (Å²) in [5.41, 5.74) is 0.890. The normalized spacial score (nSPS) is 16.5. The first-order chi connectivity index (χ1) is 10.6. The summed E-state index contributed by atoms with van der Waals surface area (Å²) >= 11 is 1.20. The molecule has 1 heterocycles. The molecule has 1 aliphatic rings. The molecule has 0 bridgehead atoms. The Morgan fingerprint density at radius 2 is 1.86 bits per heavy atom. The molecule has 1 aliphatic carbocycles. The number of amides is 1. The SMILES string of the molecule is Cc1sc(=O)n(CC(=O)NCCNC2CCCCCC2)c1C. The average molecular weight is 325 g/mol. The van der Waals surface area contributed by atoms with E-state index < -0.39 is 0 Å². The minimum Gasteiger partial charge on any atom is -0.353 e. The highest BCUT2D eigenvalue weighted by atomic mass is 32.1. The fourth-order valence-electron chi connectivity index (χ4n) is 2.93. The van der Waals surface area contributed by atoms with Crippen molar-refractivity contribution in [2.45, 2.75) is 65.0 Å². The Morgan fingerprint density at radius 1 is 1.18 bits per heavy atom. The molecule has 6 heteroatoms. The maximum absolute atomic E-state index is 11.9. The number of aromatic nitrogens is 1. The molecule has 0 aliphatic heterocycles. The number of carbonyl (C=O) groups excluding carboxylic acids is 1. The van der Waals surface area contributed by atoms with Crippen LogP contribution in [0.5, 0.6) is 0 Å². The number of nitrogens with one attached hydrogen (secondary N) is 2. The third-order valence-corrected chi connectivity index (χ3v) is 5.41. The van der Waals surface area contributed by atoms with Gasteiger partial charge in [0.25, 0.3) is 0 Å². The summed E-state index contributed by atoms with van der Waals surface area (Å²) in [6.07, 6.45) is 7.81. The summed E-state index contributed by atoms with van der Waals surface area (Å²) in [5, 5.41) is 6.42. The Hall–Kier alpha value is -1.14. The average Bonchev–Trinajstić information content (AvgIpc) is 2.70. The van der Waals surface area contributed by atoms with Crippen molar-refractivity contribution in [3.05, 3.63) is 20.2 Å². The van der Waals surface area contributed by atoms with E-state index in [2.05, 4.69) is 10.6 Å². The van der Waals surface area contributed by atoms with Crippen LogP contribution >= 0.6 is 11.3 Å². The van der Waals surface area contributed by atoms with Gasteiger partial charge in [-0.3, -0.25) is 14.2 Å². The van der Waals surface area contributed by atoms with Crippen molar-refractivity contribution in [1.29, 1.82) is 0 Å². The van der Waals surface area contributed by atoms with Crippen LogP contribution in [0.4, 0.5) is 0 Å². The molecule has 1 fully saturated rings. The number of rotatable bonds is 6. The number of hydrogen-bond donors (Lipinski definition) is 2. The van der Waals surface area contributed by atoms with Crippen LogP contribution in [-0.2, 0) is 11.3 Å².